The van der Waals surface area contributed by atoms with Crippen molar-refractivity contribution < 1.29 is 19.1 Å². The van der Waals surface area contributed by atoms with E-state index in [4.69, 9.17) is 17.3 Å². The second-order valence-electron chi connectivity index (χ2n) is 6.26. The van der Waals surface area contributed by atoms with Gasteiger partial charge in [0.05, 0.1) is 18.0 Å². The van der Waals surface area contributed by atoms with Gasteiger partial charge in [0, 0.05) is 10.6 Å². The minimum atomic E-state index is -1.38. The molecule has 2 aromatic carbocycles. The zero-order valence-corrected chi connectivity index (χ0v) is 16.1. The molecule has 0 saturated heterocycles. The summed E-state index contributed by atoms with van der Waals surface area (Å²) in [5, 5.41) is 16.1. The monoisotopic (exact) mass is 430 g/mol. The largest absolute Gasteiger partial charge is 0.394 e. The van der Waals surface area contributed by atoms with E-state index < -0.39 is 35.8 Å². The summed E-state index contributed by atoms with van der Waals surface area (Å²) in [6.45, 7) is -0.742. The van der Waals surface area contributed by atoms with E-state index in [0.29, 0.717) is 10.6 Å². The van der Waals surface area contributed by atoms with Gasteiger partial charge in [0.15, 0.2) is 0 Å². The minimum Gasteiger partial charge on any atom is -0.394 e. The first-order valence-corrected chi connectivity index (χ1v) is 9.05. The van der Waals surface area contributed by atoms with Gasteiger partial charge in [-0.1, -0.05) is 29.8 Å². The van der Waals surface area contributed by atoms with Crippen molar-refractivity contribution in [2.24, 2.45) is 5.73 Å². The summed E-state index contributed by atoms with van der Waals surface area (Å²) >= 11 is 5.90. The predicted octanol–water partition coefficient (Wildman–Crippen LogP) is 1.27. The van der Waals surface area contributed by atoms with Crippen molar-refractivity contribution in [2.45, 2.75) is 6.04 Å². The molecule has 0 aliphatic heterocycles. The Bertz CT molecular complexity index is 1160. The molecule has 2 amide bonds. The number of nitrogens with two attached hydrogens (primary N) is 1. The van der Waals surface area contributed by atoms with Gasteiger partial charge in [-0.3, -0.25) is 14.4 Å². The fraction of sp³-hybridized carbons (Fsp3) is 0.100. The van der Waals surface area contributed by atoms with Crippen LogP contribution in [-0.4, -0.2) is 39.4 Å². The fourth-order valence-corrected chi connectivity index (χ4v) is 2.77. The summed E-state index contributed by atoms with van der Waals surface area (Å²) in [5.74, 6) is -2.51. The van der Waals surface area contributed by atoms with Crippen LogP contribution in [0.25, 0.3) is 16.9 Å². The topological polar surface area (TPSA) is 127 Å². The van der Waals surface area contributed by atoms with Gasteiger partial charge in [-0.2, -0.15) is 9.78 Å². The van der Waals surface area contributed by atoms with Crippen molar-refractivity contribution in [3.63, 3.8) is 0 Å². The third kappa shape index (κ3) is 4.53. The molecule has 3 rings (SSSR count). The molecule has 0 radical (unpaired) electrons. The Balaban J connectivity index is 2.18. The summed E-state index contributed by atoms with van der Waals surface area (Å²) in [7, 11) is 0. The lowest BCUT2D eigenvalue weighted by Crippen LogP contribution is -2.48. The van der Waals surface area contributed by atoms with E-state index >= 15 is 0 Å². The van der Waals surface area contributed by atoms with Gasteiger partial charge < -0.3 is 16.2 Å². The number of carbonyl (C=O) groups excluding carboxylic acids is 2. The summed E-state index contributed by atoms with van der Waals surface area (Å²) in [6, 6.07) is 11.4. The van der Waals surface area contributed by atoms with Crippen molar-refractivity contribution in [2.75, 3.05) is 6.61 Å². The van der Waals surface area contributed by atoms with Gasteiger partial charge in [0.1, 0.15) is 17.4 Å². The number of amides is 2. The number of halogens is 2. The first kappa shape index (κ1) is 21.2. The molecule has 0 bridgehead atoms. The normalized spacial score (nSPS) is 11.7. The van der Waals surface area contributed by atoms with Crippen molar-refractivity contribution in [3.05, 3.63) is 81.4 Å². The average Bonchev–Trinajstić information content (AvgIpc) is 2.72. The molecule has 1 heterocycles. The number of hydrogen-bond donors (Lipinski definition) is 3. The van der Waals surface area contributed by atoms with E-state index in [-0.39, 0.29) is 16.9 Å². The molecular weight excluding hydrogens is 415 g/mol. The smallest absolute Gasteiger partial charge is 0.284 e. The maximum absolute atomic E-state index is 13.7. The highest BCUT2D eigenvalue weighted by Crippen LogP contribution is 2.20. The van der Waals surface area contributed by atoms with Gasteiger partial charge in [-0.25, -0.2) is 4.39 Å². The lowest BCUT2D eigenvalue weighted by molar-refractivity contribution is -0.120. The van der Waals surface area contributed by atoms with Gasteiger partial charge >= 0.3 is 0 Å². The third-order valence-corrected chi connectivity index (χ3v) is 4.43. The van der Waals surface area contributed by atoms with Crippen molar-refractivity contribution in [1.82, 2.24) is 15.1 Å². The van der Waals surface area contributed by atoms with Gasteiger partial charge in [-0.05, 0) is 36.4 Å². The van der Waals surface area contributed by atoms with Gasteiger partial charge in [0.25, 0.3) is 11.5 Å². The number of hydrogen-bond acceptors (Lipinski definition) is 5. The number of aliphatic hydroxyl groups is 1. The Morgan fingerprint density at radius 1 is 1.20 bits per heavy atom. The number of carbonyl (C=O) groups is 2. The van der Waals surface area contributed by atoms with E-state index in [0.717, 1.165) is 10.7 Å². The molecule has 10 heteroatoms. The standard InChI is InChI=1S/C20H16ClFN4O4/c21-12-6-4-11(5-7-12)16-9-15(19(29)24-17(10-27)18(23)28)20(30)26(25-16)14-3-1-2-13(22)8-14/h1-9,17,27H,10H2,(H2,23,28)(H,24,29)/t17-/m0/s1. The minimum absolute atomic E-state index is 0.0958. The molecule has 0 aliphatic rings. The number of rotatable bonds is 6. The Kier molecular flexibility index (Phi) is 6.24. The molecular formula is C20H16ClFN4O4. The Morgan fingerprint density at radius 2 is 1.90 bits per heavy atom. The highest BCUT2D eigenvalue weighted by molar-refractivity contribution is 6.30. The van der Waals surface area contributed by atoms with Crippen LogP contribution in [0.1, 0.15) is 10.4 Å². The van der Waals surface area contributed by atoms with Crippen LogP contribution in [0.2, 0.25) is 5.02 Å². The molecule has 0 fully saturated rings. The van der Waals surface area contributed by atoms with Crippen LogP contribution in [0.15, 0.2) is 59.4 Å². The highest BCUT2D eigenvalue weighted by Gasteiger charge is 2.22. The van der Waals surface area contributed by atoms with Crippen LogP contribution in [0.5, 0.6) is 0 Å². The van der Waals surface area contributed by atoms with Crippen molar-refractivity contribution in [1.29, 1.82) is 0 Å². The summed E-state index contributed by atoms with van der Waals surface area (Å²) in [6.07, 6.45) is 0. The SMILES string of the molecule is NC(=O)[C@H](CO)NC(=O)c1cc(-c2ccc(Cl)cc2)nn(-c2cccc(F)c2)c1=O. The first-order chi connectivity index (χ1) is 14.3. The molecule has 3 aromatic rings. The fourth-order valence-electron chi connectivity index (χ4n) is 2.64. The second kappa shape index (κ2) is 8.85. The maximum atomic E-state index is 13.7. The zero-order valence-electron chi connectivity index (χ0n) is 15.4. The van der Waals surface area contributed by atoms with Gasteiger partial charge in [-0.15, -0.1) is 0 Å². The molecule has 4 N–H and O–H groups in total. The van der Waals surface area contributed by atoms with Gasteiger partial charge in [0.2, 0.25) is 5.91 Å². The first-order valence-electron chi connectivity index (χ1n) is 8.67. The van der Waals surface area contributed by atoms with Crippen LogP contribution in [0, 0.1) is 5.82 Å². The molecule has 30 heavy (non-hydrogen) atoms. The molecule has 0 saturated carbocycles. The van der Waals surface area contributed by atoms with E-state index in [9.17, 15) is 23.9 Å². The molecule has 1 atom stereocenters. The highest BCUT2D eigenvalue weighted by atomic mass is 35.5. The quantitative estimate of drug-likeness (QED) is 0.542. The summed E-state index contributed by atoms with van der Waals surface area (Å²) in [4.78, 5) is 36.9. The average molecular weight is 431 g/mol. The lowest BCUT2D eigenvalue weighted by atomic mass is 10.1. The van der Waals surface area contributed by atoms with E-state index in [1.807, 2.05) is 0 Å². The zero-order chi connectivity index (χ0) is 21.8. The number of aliphatic hydroxyl groups excluding tert-OH is 1. The molecule has 0 unspecified atom stereocenters. The summed E-state index contributed by atoms with van der Waals surface area (Å²) in [5.41, 5.74) is 4.75. The Labute approximate surface area is 174 Å². The molecule has 0 aliphatic carbocycles. The van der Waals surface area contributed by atoms with Crippen LogP contribution in [0.4, 0.5) is 4.39 Å². The molecule has 8 nitrogen and oxygen atoms in total. The molecule has 1 aromatic heterocycles. The summed E-state index contributed by atoms with van der Waals surface area (Å²) < 4.78 is 14.6. The molecule has 154 valence electrons. The van der Waals surface area contributed by atoms with Crippen LogP contribution < -0.4 is 16.6 Å². The van der Waals surface area contributed by atoms with E-state index in [1.165, 1.54) is 24.3 Å². The van der Waals surface area contributed by atoms with Crippen molar-refractivity contribution >= 4 is 23.4 Å². The predicted molar refractivity (Wildman–Crippen MR) is 108 cm³/mol. The number of nitrogens with zero attached hydrogens (tertiary/aromatic N) is 2. The third-order valence-electron chi connectivity index (χ3n) is 4.18. The Morgan fingerprint density at radius 3 is 2.50 bits per heavy atom. The molecule has 0 spiro atoms. The second-order valence-corrected chi connectivity index (χ2v) is 6.69. The van der Waals surface area contributed by atoms with Crippen molar-refractivity contribution in [3.8, 4) is 16.9 Å². The Hall–Kier alpha value is -3.56. The lowest BCUT2D eigenvalue weighted by Gasteiger charge is -2.14. The number of benzene rings is 2. The number of aromatic nitrogens is 2. The van der Waals surface area contributed by atoms with Crippen LogP contribution in [-0.2, 0) is 4.79 Å². The van der Waals surface area contributed by atoms with E-state index in [1.54, 1.807) is 24.3 Å². The number of nitrogens with one attached hydrogen (secondary N) is 1. The van der Waals surface area contributed by atoms with Crippen LogP contribution >= 0.6 is 11.6 Å². The van der Waals surface area contributed by atoms with Crippen LogP contribution in [0.3, 0.4) is 0 Å². The maximum Gasteiger partial charge on any atom is 0.284 e. The number of primary amides is 1. The van der Waals surface area contributed by atoms with E-state index in [2.05, 4.69) is 10.4 Å².